The van der Waals surface area contributed by atoms with E-state index in [2.05, 4.69) is 21.4 Å². The highest BCUT2D eigenvalue weighted by molar-refractivity contribution is 6.30. The van der Waals surface area contributed by atoms with E-state index in [0.29, 0.717) is 5.82 Å². The molecule has 27 heavy (non-hydrogen) atoms. The average Bonchev–Trinajstić information content (AvgIpc) is 3.07. The number of benzene rings is 2. The molecule has 0 saturated carbocycles. The molecule has 1 aliphatic rings. The maximum Gasteiger partial charge on any atom is 0.418 e. The van der Waals surface area contributed by atoms with Crippen LogP contribution in [0.3, 0.4) is 0 Å². The van der Waals surface area contributed by atoms with Gasteiger partial charge in [0.05, 0.1) is 11.3 Å². The van der Waals surface area contributed by atoms with Crippen LogP contribution < -0.4 is 10.2 Å². The van der Waals surface area contributed by atoms with Crippen molar-refractivity contribution in [1.82, 2.24) is 9.97 Å². The molecule has 138 valence electrons. The van der Waals surface area contributed by atoms with Crippen LogP contribution in [0.2, 0.25) is 5.02 Å². The van der Waals surface area contributed by atoms with Gasteiger partial charge in [0.25, 0.3) is 0 Å². The Kier molecular flexibility index (Phi) is 4.39. The molecule has 1 aliphatic heterocycles. The van der Waals surface area contributed by atoms with E-state index in [-0.39, 0.29) is 16.7 Å². The highest BCUT2D eigenvalue weighted by Gasteiger charge is 2.34. The molecule has 4 nitrogen and oxygen atoms in total. The normalized spacial score (nSPS) is 13.6. The van der Waals surface area contributed by atoms with Gasteiger partial charge < -0.3 is 10.2 Å². The van der Waals surface area contributed by atoms with Crippen molar-refractivity contribution in [2.24, 2.45) is 0 Å². The Balaban J connectivity index is 1.66. The van der Waals surface area contributed by atoms with E-state index in [0.717, 1.165) is 24.7 Å². The maximum atomic E-state index is 13.3. The number of para-hydroxylation sites is 1. The fraction of sp³-hybridized carbons (Fsp3) is 0.158. The quantitative estimate of drug-likeness (QED) is 0.633. The minimum Gasteiger partial charge on any atom is -0.326 e. The molecule has 3 aromatic rings. The first kappa shape index (κ1) is 17.6. The van der Waals surface area contributed by atoms with Gasteiger partial charge in [0.2, 0.25) is 5.95 Å². The van der Waals surface area contributed by atoms with Crippen LogP contribution in [0.15, 0.2) is 54.7 Å². The number of rotatable bonds is 3. The van der Waals surface area contributed by atoms with Gasteiger partial charge in [-0.15, -0.1) is 0 Å². The van der Waals surface area contributed by atoms with Gasteiger partial charge >= 0.3 is 6.18 Å². The number of alkyl halides is 3. The maximum absolute atomic E-state index is 13.3. The first-order valence-electron chi connectivity index (χ1n) is 8.24. The van der Waals surface area contributed by atoms with Gasteiger partial charge in [0.1, 0.15) is 5.82 Å². The largest absolute Gasteiger partial charge is 0.418 e. The second kappa shape index (κ2) is 6.74. The number of anilines is 4. The molecular formula is C19H14ClF3N4. The Morgan fingerprint density at radius 3 is 2.70 bits per heavy atom. The van der Waals surface area contributed by atoms with Crippen molar-refractivity contribution in [3.63, 3.8) is 0 Å². The van der Waals surface area contributed by atoms with Crippen molar-refractivity contribution < 1.29 is 13.2 Å². The smallest absolute Gasteiger partial charge is 0.326 e. The molecular weight excluding hydrogens is 377 g/mol. The van der Waals surface area contributed by atoms with Crippen molar-refractivity contribution in [1.29, 1.82) is 0 Å². The van der Waals surface area contributed by atoms with Crippen molar-refractivity contribution in [3.05, 3.63) is 70.9 Å². The average molecular weight is 391 g/mol. The molecule has 0 unspecified atom stereocenters. The third-order valence-electron chi connectivity index (χ3n) is 4.34. The number of halogens is 4. The molecule has 0 amide bonds. The highest BCUT2D eigenvalue weighted by Crippen LogP contribution is 2.38. The number of nitrogens with zero attached hydrogens (tertiary/aromatic N) is 3. The zero-order valence-corrected chi connectivity index (χ0v) is 14.7. The number of hydrogen-bond donors (Lipinski definition) is 1. The standard InChI is InChI=1S/C19H14ClF3N4/c20-13-5-6-15(14(11-13)19(21,22)23)25-18-24-9-7-17(26-18)27-10-8-12-3-1-2-4-16(12)27/h1-7,9,11H,8,10H2,(H,24,25,26). The van der Waals surface area contributed by atoms with Gasteiger partial charge in [-0.25, -0.2) is 4.98 Å². The Morgan fingerprint density at radius 1 is 1.07 bits per heavy atom. The minimum absolute atomic E-state index is 0.0104. The third-order valence-corrected chi connectivity index (χ3v) is 4.57. The van der Waals surface area contributed by atoms with Crippen LogP contribution in [-0.4, -0.2) is 16.5 Å². The fourth-order valence-corrected chi connectivity index (χ4v) is 3.29. The summed E-state index contributed by atoms with van der Waals surface area (Å²) in [5, 5.41) is 2.68. The predicted molar refractivity (Wildman–Crippen MR) is 98.9 cm³/mol. The van der Waals surface area contributed by atoms with E-state index < -0.39 is 11.7 Å². The van der Waals surface area contributed by atoms with Gasteiger partial charge in [-0.2, -0.15) is 18.2 Å². The van der Waals surface area contributed by atoms with Crippen molar-refractivity contribution in [2.75, 3.05) is 16.8 Å². The van der Waals surface area contributed by atoms with Crippen LogP contribution in [0.25, 0.3) is 0 Å². The number of nitrogens with one attached hydrogen (secondary N) is 1. The summed E-state index contributed by atoms with van der Waals surface area (Å²) in [4.78, 5) is 10.5. The molecule has 2 aromatic carbocycles. The summed E-state index contributed by atoms with van der Waals surface area (Å²) in [6.45, 7) is 0.755. The zero-order valence-electron chi connectivity index (χ0n) is 14.0. The van der Waals surface area contributed by atoms with E-state index >= 15 is 0 Å². The summed E-state index contributed by atoms with van der Waals surface area (Å²) in [5.74, 6) is 0.713. The van der Waals surface area contributed by atoms with Gasteiger partial charge in [0.15, 0.2) is 0 Å². The molecule has 2 heterocycles. The van der Waals surface area contributed by atoms with Crippen LogP contribution in [0.4, 0.5) is 36.3 Å². The van der Waals surface area contributed by atoms with Crippen molar-refractivity contribution in [2.45, 2.75) is 12.6 Å². The molecule has 0 fully saturated rings. The lowest BCUT2D eigenvalue weighted by Crippen LogP contribution is -2.16. The SMILES string of the molecule is FC(F)(F)c1cc(Cl)ccc1Nc1nccc(N2CCc3ccccc32)n1. The first-order valence-corrected chi connectivity index (χ1v) is 8.62. The fourth-order valence-electron chi connectivity index (χ4n) is 3.12. The van der Waals surface area contributed by atoms with Crippen LogP contribution in [0.5, 0.6) is 0 Å². The van der Waals surface area contributed by atoms with Gasteiger partial charge in [-0.05, 0) is 42.3 Å². The van der Waals surface area contributed by atoms with E-state index in [1.54, 1.807) is 6.07 Å². The molecule has 0 atom stereocenters. The summed E-state index contributed by atoms with van der Waals surface area (Å²) in [7, 11) is 0. The molecule has 0 spiro atoms. The van der Waals surface area contributed by atoms with Crippen molar-refractivity contribution >= 4 is 34.7 Å². The summed E-state index contributed by atoms with van der Waals surface area (Å²) in [6, 6.07) is 13.3. The van der Waals surface area contributed by atoms with Gasteiger partial charge in [-0.3, -0.25) is 0 Å². The van der Waals surface area contributed by atoms with E-state index in [1.807, 2.05) is 23.1 Å². The minimum atomic E-state index is -4.54. The molecule has 0 aliphatic carbocycles. The van der Waals surface area contributed by atoms with E-state index in [9.17, 15) is 13.2 Å². The van der Waals surface area contributed by atoms with Crippen LogP contribution in [-0.2, 0) is 12.6 Å². The summed E-state index contributed by atoms with van der Waals surface area (Å²) in [6.07, 6.45) is -2.13. The first-order chi connectivity index (χ1) is 12.9. The van der Waals surface area contributed by atoms with E-state index in [4.69, 9.17) is 11.6 Å². The van der Waals surface area contributed by atoms with Gasteiger partial charge in [0, 0.05) is 23.5 Å². The summed E-state index contributed by atoms with van der Waals surface area (Å²) >= 11 is 5.72. The molecule has 0 bridgehead atoms. The topological polar surface area (TPSA) is 41.1 Å². The Labute approximate surface area is 158 Å². The van der Waals surface area contributed by atoms with Gasteiger partial charge in [-0.1, -0.05) is 29.8 Å². The molecule has 0 radical (unpaired) electrons. The molecule has 4 rings (SSSR count). The highest BCUT2D eigenvalue weighted by atomic mass is 35.5. The second-order valence-corrected chi connectivity index (χ2v) is 6.52. The third kappa shape index (κ3) is 3.55. The number of hydrogen-bond acceptors (Lipinski definition) is 4. The lowest BCUT2D eigenvalue weighted by molar-refractivity contribution is -0.136. The Morgan fingerprint density at radius 2 is 1.89 bits per heavy atom. The van der Waals surface area contributed by atoms with E-state index in [1.165, 1.54) is 23.9 Å². The Bertz CT molecular complexity index is 991. The monoisotopic (exact) mass is 390 g/mol. The molecule has 0 saturated heterocycles. The molecule has 1 aromatic heterocycles. The lowest BCUT2D eigenvalue weighted by Gasteiger charge is -2.19. The second-order valence-electron chi connectivity index (χ2n) is 6.08. The summed E-state index contributed by atoms with van der Waals surface area (Å²) < 4.78 is 39.8. The lowest BCUT2D eigenvalue weighted by atomic mass is 10.1. The zero-order chi connectivity index (χ0) is 19.0. The van der Waals surface area contributed by atoms with Crippen LogP contribution in [0.1, 0.15) is 11.1 Å². The number of aromatic nitrogens is 2. The molecule has 8 heteroatoms. The summed E-state index contributed by atoms with van der Waals surface area (Å²) in [5.41, 5.74) is 1.24. The molecule has 1 N–H and O–H groups in total. The number of fused-ring (bicyclic) bond motifs is 1. The van der Waals surface area contributed by atoms with Crippen LogP contribution >= 0.6 is 11.6 Å². The Hall–Kier alpha value is -2.80. The predicted octanol–water partition coefficient (Wildman–Crippen LogP) is 5.59. The van der Waals surface area contributed by atoms with Crippen molar-refractivity contribution in [3.8, 4) is 0 Å². The van der Waals surface area contributed by atoms with Crippen LogP contribution in [0, 0.1) is 0 Å².